The molecule has 2 atom stereocenters. The monoisotopic (exact) mass is 309 g/mol. The number of carbonyl (C=O) groups excluding carboxylic acids is 1. The van der Waals surface area contributed by atoms with E-state index in [2.05, 4.69) is 17.4 Å². The number of amides is 1. The van der Waals surface area contributed by atoms with Gasteiger partial charge in [0.05, 0.1) is 5.56 Å². The number of benzene rings is 2. The van der Waals surface area contributed by atoms with Crippen molar-refractivity contribution in [1.29, 1.82) is 0 Å². The SMILES string of the molecule is Cc1ccc(C(=O)O)cc1NC(=O)C[C@@H]1C[C@H]1c1ccccc1. The first-order valence-corrected chi connectivity index (χ1v) is 7.73. The van der Waals surface area contributed by atoms with Crippen LogP contribution >= 0.6 is 0 Å². The van der Waals surface area contributed by atoms with E-state index >= 15 is 0 Å². The second-order valence-corrected chi connectivity index (χ2v) is 6.10. The van der Waals surface area contributed by atoms with Crippen molar-refractivity contribution in [2.24, 2.45) is 5.92 Å². The second kappa shape index (κ2) is 6.24. The summed E-state index contributed by atoms with van der Waals surface area (Å²) in [6.45, 7) is 1.85. The molecule has 2 aromatic carbocycles. The molecule has 1 fully saturated rings. The molecule has 1 aliphatic carbocycles. The van der Waals surface area contributed by atoms with Gasteiger partial charge in [-0.15, -0.1) is 0 Å². The molecule has 3 rings (SSSR count). The molecule has 2 aromatic rings. The van der Waals surface area contributed by atoms with E-state index in [-0.39, 0.29) is 11.5 Å². The molecule has 0 aromatic heterocycles. The summed E-state index contributed by atoms with van der Waals surface area (Å²) in [5, 5.41) is 11.9. The fourth-order valence-electron chi connectivity index (χ4n) is 2.91. The van der Waals surface area contributed by atoms with Gasteiger partial charge >= 0.3 is 5.97 Å². The molecule has 1 amide bonds. The first-order chi connectivity index (χ1) is 11.0. The zero-order valence-electron chi connectivity index (χ0n) is 13.0. The molecule has 2 N–H and O–H groups in total. The summed E-state index contributed by atoms with van der Waals surface area (Å²) in [4.78, 5) is 23.2. The van der Waals surface area contributed by atoms with Crippen molar-refractivity contribution < 1.29 is 14.7 Å². The maximum Gasteiger partial charge on any atom is 0.335 e. The predicted molar refractivity (Wildman–Crippen MR) is 88.7 cm³/mol. The van der Waals surface area contributed by atoms with E-state index in [9.17, 15) is 9.59 Å². The number of carboxylic acids is 1. The van der Waals surface area contributed by atoms with Crippen molar-refractivity contribution in [1.82, 2.24) is 0 Å². The van der Waals surface area contributed by atoms with Gasteiger partial charge in [0, 0.05) is 12.1 Å². The Morgan fingerprint density at radius 3 is 2.61 bits per heavy atom. The first kappa shape index (κ1) is 15.3. The number of hydrogen-bond donors (Lipinski definition) is 2. The number of nitrogens with one attached hydrogen (secondary N) is 1. The average Bonchev–Trinajstić information content (AvgIpc) is 3.29. The van der Waals surface area contributed by atoms with Crippen molar-refractivity contribution in [3.8, 4) is 0 Å². The molecule has 0 bridgehead atoms. The Morgan fingerprint density at radius 1 is 1.17 bits per heavy atom. The summed E-state index contributed by atoms with van der Waals surface area (Å²) in [6.07, 6.45) is 1.50. The van der Waals surface area contributed by atoms with E-state index in [0.717, 1.165) is 12.0 Å². The normalized spacial score (nSPS) is 19.2. The van der Waals surface area contributed by atoms with Gasteiger partial charge in [0.2, 0.25) is 5.91 Å². The van der Waals surface area contributed by atoms with Gasteiger partial charge in [-0.1, -0.05) is 36.4 Å². The predicted octanol–water partition coefficient (Wildman–Crippen LogP) is 3.83. The molecular weight excluding hydrogens is 290 g/mol. The summed E-state index contributed by atoms with van der Waals surface area (Å²) >= 11 is 0. The van der Waals surface area contributed by atoms with Crippen LogP contribution in [-0.4, -0.2) is 17.0 Å². The van der Waals surface area contributed by atoms with E-state index in [0.29, 0.717) is 23.9 Å². The van der Waals surface area contributed by atoms with Gasteiger partial charge in [0.25, 0.3) is 0 Å². The molecule has 1 saturated carbocycles. The van der Waals surface area contributed by atoms with Crippen LogP contribution in [0.15, 0.2) is 48.5 Å². The van der Waals surface area contributed by atoms with Crippen LogP contribution in [0.25, 0.3) is 0 Å². The van der Waals surface area contributed by atoms with Crippen LogP contribution in [0.5, 0.6) is 0 Å². The minimum atomic E-state index is -0.994. The topological polar surface area (TPSA) is 66.4 Å². The number of rotatable bonds is 5. The average molecular weight is 309 g/mol. The largest absolute Gasteiger partial charge is 0.478 e. The Morgan fingerprint density at radius 2 is 1.91 bits per heavy atom. The Bertz CT molecular complexity index is 740. The maximum atomic E-state index is 12.2. The quantitative estimate of drug-likeness (QED) is 0.882. The van der Waals surface area contributed by atoms with Crippen molar-refractivity contribution in [2.45, 2.75) is 25.7 Å². The molecule has 0 spiro atoms. The van der Waals surface area contributed by atoms with Crippen LogP contribution < -0.4 is 5.32 Å². The fraction of sp³-hybridized carbons (Fsp3) is 0.263. The zero-order chi connectivity index (χ0) is 16.4. The first-order valence-electron chi connectivity index (χ1n) is 7.73. The van der Waals surface area contributed by atoms with Crippen LogP contribution in [0.4, 0.5) is 5.69 Å². The fourth-order valence-corrected chi connectivity index (χ4v) is 2.91. The van der Waals surface area contributed by atoms with E-state index in [4.69, 9.17) is 5.11 Å². The zero-order valence-corrected chi connectivity index (χ0v) is 13.0. The maximum absolute atomic E-state index is 12.2. The van der Waals surface area contributed by atoms with E-state index in [1.165, 1.54) is 11.6 Å². The van der Waals surface area contributed by atoms with Crippen LogP contribution in [0, 0.1) is 12.8 Å². The highest BCUT2D eigenvalue weighted by Crippen LogP contribution is 2.49. The third kappa shape index (κ3) is 3.59. The highest BCUT2D eigenvalue weighted by atomic mass is 16.4. The summed E-state index contributed by atoms with van der Waals surface area (Å²) in [6, 6.07) is 15.0. The van der Waals surface area contributed by atoms with Crippen LogP contribution in [-0.2, 0) is 4.79 Å². The van der Waals surface area contributed by atoms with Gasteiger partial charge in [-0.2, -0.15) is 0 Å². The van der Waals surface area contributed by atoms with Gasteiger partial charge in [0.1, 0.15) is 0 Å². The van der Waals surface area contributed by atoms with Gasteiger partial charge in [0.15, 0.2) is 0 Å². The summed E-state index contributed by atoms with van der Waals surface area (Å²) in [5.74, 6) is -0.209. The molecule has 0 unspecified atom stereocenters. The third-order valence-electron chi connectivity index (χ3n) is 4.36. The lowest BCUT2D eigenvalue weighted by molar-refractivity contribution is -0.116. The number of hydrogen-bond acceptors (Lipinski definition) is 2. The van der Waals surface area contributed by atoms with E-state index in [1.54, 1.807) is 12.1 Å². The lowest BCUT2D eigenvalue weighted by atomic mass is 10.1. The molecule has 0 saturated heterocycles. The lowest BCUT2D eigenvalue weighted by Crippen LogP contribution is -2.14. The van der Waals surface area contributed by atoms with Crippen LogP contribution in [0.1, 0.15) is 40.2 Å². The molecule has 0 radical (unpaired) electrons. The van der Waals surface area contributed by atoms with E-state index in [1.807, 2.05) is 25.1 Å². The number of carboxylic acid groups (broad SMARTS) is 1. The van der Waals surface area contributed by atoms with Crippen LogP contribution in [0.3, 0.4) is 0 Å². The Labute approximate surface area is 135 Å². The van der Waals surface area contributed by atoms with Gasteiger partial charge < -0.3 is 10.4 Å². The smallest absolute Gasteiger partial charge is 0.335 e. The van der Waals surface area contributed by atoms with Crippen molar-refractivity contribution in [3.63, 3.8) is 0 Å². The van der Waals surface area contributed by atoms with Gasteiger partial charge in [-0.25, -0.2) is 4.79 Å². The Balaban J connectivity index is 1.61. The van der Waals surface area contributed by atoms with Crippen molar-refractivity contribution >= 4 is 17.6 Å². The standard InChI is InChI=1S/C19H19NO3/c1-12-7-8-14(19(22)23)10-17(12)20-18(21)11-15-9-16(15)13-5-3-2-4-6-13/h2-8,10,15-16H,9,11H2,1H3,(H,20,21)(H,22,23)/t15-,16-/m0/s1. The lowest BCUT2D eigenvalue weighted by Gasteiger charge is -2.09. The minimum absolute atomic E-state index is 0.0564. The minimum Gasteiger partial charge on any atom is -0.478 e. The molecule has 1 aliphatic rings. The van der Waals surface area contributed by atoms with Gasteiger partial charge in [-0.3, -0.25) is 4.79 Å². The molecule has 118 valence electrons. The van der Waals surface area contributed by atoms with E-state index < -0.39 is 5.97 Å². The molecule has 23 heavy (non-hydrogen) atoms. The highest BCUT2D eigenvalue weighted by molar-refractivity contribution is 5.95. The number of anilines is 1. The summed E-state index contributed by atoms with van der Waals surface area (Å²) in [7, 11) is 0. The Hall–Kier alpha value is -2.62. The number of aryl methyl sites for hydroxylation is 1. The highest BCUT2D eigenvalue weighted by Gasteiger charge is 2.39. The second-order valence-electron chi connectivity index (χ2n) is 6.10. The molecular formula is C19H19NO3. The van der Waals surface area contributed by atoms with Crippen molar-refractivity contribution in [3.05, 3.63) is 65.2 Å². The summed E-state index contributed by atoms with van der Waals surface area (Å²) < 4.78 is 0. The van der Waals surface area contributed by atoms with Crippen LogP contribution in [0.2, 0.25) is 0 Å². The molecule has 4 heteroatoms. The summed E-state index contributed by atoms with van der Waals surface area (Å²) in [5.41, 5.74) is 2.90. The van der Waals surface area contributed by atoms with Crippen molar-refractivity contribution in [2.75, 3.05) is 5.32 Å². The number of aromatic carboxylic acids is 1. The third-order valence-corrected chi connectivity index (χ3v) is 4.36. The molecule has 4 nitrogen and oxygen atoms in total. The molecule has 0 heterocycles. The Kier molecular flexibility index (Phi) is 4.15. The number of carbonyl (C=O) groups is 2. The molecule has 0 aliphatic heterocycles. The van der Waals surface area contributed by atoms with Gasteiger partial charge in [-0.05, 0) is 48.4 Å².